The first-order valence-electron chi connectivity index (χ1n) is 6.64. The van der Waals surface area contributed by atoms with Crippen molar-refractivity contribution in [1.29, 1.82) is 0 Å². The number of hydrogen-bond donors (Lipinski definition) is 2. The molecular formula is C14H24N2O2S. The molecule has 0 saturated carbocycles. The van der Waals surface area contributed by atoms with Crippen LogP contribution >= 0.6 is 0 Å². The second-order valence-corrected chi connectivity index (χ2v) is 6.98. The number of sulfone groups is 1. The van der Waals surface area contributed by atoms with Gasteiger partial charge in [-0.25, -0.2) is 8.42 Å². The maximum atomic E-state index is 11.3. The molecule has 5 heteroatoms. The molecule has 0 aliphatic carbocycles. The molecule has 2 N–H and O–H groups in total. The fourth-order valence-corrected chi connectivity index (χ4v) is 2.41. The van der Waals surface area contributed by atoms with Crippen LogP contribution in [0.3, 0.4) is 0 Å². The van der Waals surface area contributed by atoms with E-state index in [-0.39, 0.29) is 0 Å². The minimum Gasteiger partial charge on any atom is -0.317 e. The van der Waals surface area contributed by atoms with Crippen molar-refractivity contribution in [2.24, 2.45) is 5.92 Å². The zero-order valence-electron chi connectivity index (χ0n) is 11.9. The van der Waals surface area contributed by atoms with Gasteiger partial charge in [-0.05, 0) is 43.2 Å². The Morgan fingerprint density at radius 2 is 1.68 bits per heavy atom. The highest BCUT2D eigenvalue weighted by atomic mass is 32.2. The van der Waals surface area contributed by atoms with Crippen LogP contribution in [0.2, 0.25) is 0 Å². The van der Waals surface area contributed by atoms with Crippen molar-refractivity contribution >= 4 is 9.84 Å². The summed E-state index contributed by atoms with van der Waals surface area (Å²) in [5.74, 6) is 0.579. The highest BCUT2D eigenvalue weighted by Gasteiger charge is 2.06. The first kappa shape index (κ1) is 16.1. The van der Waals surface area contributed by atoms with Gasteiger partial charge in [0.25, 0.3) is 0 Å². The molecule has 4 nitrogen and oxygen atoms in total. The Balaban J connectivity index is 2.38. The van der Waals surface area contributed by atoms with Gasteiger partial charge in [0, 0.05) is 12.8 Å². The summed E-state index contributed by atoms with van der Waals surface area (Å²) in [6.07, 6.45) is 1.22. The van der Waals surface area contributed by atoms with Crippen molar-refractivity contribution in [2.45, 2.75) is 25.3 Å². The average molecular weight is 284 g/mol. The number of benzene rings is 1. The van der Waals surface area contributed by atoms with Crippen LogP contribution in [0.1, 0.15) is 19.4 Å². The third-order valence-corrected chi connectivity index (χ3v) is 4.04. The molecular weight excluding hydrogens is 260 g/mol. The molecule has 0 aromatic heterocycles. The standard InChI is InChI=1S/C14H24N2O2S/c1-4-15-9-12(2)10-16-11-13-5-7-14(8-6-13)19(3,17)18/h5-8,12,15-16H,4,9-11H2,1-3H3. The van der Waals surface area contributed by atoms with Crippen molar-refractivity contribution in [2.75, 3.05) is 25.9 Å². The molecule has 0 heterocycles. The Bertz CT molecular complexity index is 469. The van der Waals surface area contributed by atoms with E-state index in [9.17, 15) is 8.42 Å². The Kier molecular flexibility index (Phi) is 6.48. The van der Waals surface area contributed by atoms with E-state index >= 15 is 0 Å². The Labute approximate surface area is 116 Å². The first-order chi connectivity index (χ1) is 8.93. The smallest absolute Gasteiger partial charge is 0.175 e. The van der Waals surface area contributed by atoms with Crippen LogP contribution in [0.25, 0.3) is 0 Å². The first-order valence-corrected chi connectivity index (χ1v) is 8.53. The second-order valence-electron chi connectivity index (χ2n) is 4.96. The van der Waals surface area contributed by atoms with Crippen molar-refractivity contribution in [3.63, 3.8) is 0 Å². The normalized spacial score (nSPS) is 13.4. The summed E-state index contributed by atoms with van der Waals surface area (Å²) in [6.45, 7) is 8.01. The minimum atomic E-state index is -3.09. The van der Waals surface area contributed by atoms with E-state index in [2.05, 4.69) is 24.5 Å². The molecule has 1 aromatic carbocycles. The van der Waals surface area contributed by atoms with E-state index < -0.39 is 9.84 Å². The molecule has 0 fully saturated rings. The Morgan fingerprint density at radius 3 is 2.21 bits per heavy atom. The molecule has 0 saturated heterocycles. The average Bonchev–Trinajstić information content (AvgIpc) is 2.36. The molecule has 0 radical (unpaired) electrons. The molecule has 0 aliphatic heterocycles. The van der Waals surface area contributed by atoms with Crippen molar-refractivity contribution in [1.82, 2.24) is 10.6 Å². The molecule has 19 heavy (non-hydrogen) atoms. The molecule has 1 unspecified atom stereocenters. The zero-order valence-corrected chi connectivity index (χ0v) is 12.8. The summed E-state index contributed by atoms with van der Waals surface area (Å²) in [6, 6.07) is 7.04. The maximum absolute atomic E-state index is 11.3. The van der Waals surface area contributed by atoms with E-state index in [1.54, 1.807) is 12.1 Å². The maximum Gasteiger partial charge on any atom is 0.175 e. The molecule has 0 amide bonds. The van der Waals surface area contributed by atoms with Crippen LogP contribution in [0.15, 0.2) is 29.2 Å². The van der Waals surface area contributed by atoms with E-state index in [0.29, 0.717) is 10.8 Å². The highest BCUT2D eigenvalue weighted by molar-refractivity contribution is 7.90. The largest absolute Gasteiger partial charge is 0.317 e. The molecule has 0 spiro atoms. The van der Waals surface area contributed by atoms with E-state index in [1.807, 2.05) is 12.1 Å². The monoisotopic (exact) mass is 284 g/mol. The Morgan fingerprint density at radius 1 is 1.11 bits per heavy atom. The SMILES string of the molecule is CCNCC(C)CNCc1ccc(S(C)(=O)=O)cc1. The summed E-state index contributed by atoms with van der Waals surface area (Å²) >= 11 is 0. The number of rotatable bonds is 8. The summed E-state index contributed by atoms with van der Waals surface area (Å²) in [5, 5.41) is 6.69. The van der Waals surface area contributed by atoms with E-state index in [1.165, 1.54) is 6.26 Å². The third kappa shape index (κ3) is 6.18. The molecule has 108 valence electrons. The lowest BCUT2D eigenvalue weighted by atomic mass is 10.1. The second kappa shape index (κ2) is 7.62. The van der Waals surface area contributed by atoms with Gasteiger partial charge in [-0.3, -0.25) is 0 Å². The van der Waals surface area contributed by atoms with Gasteiger partial charge in [0.05, 0.1) is 4.90 Å². The van der Waals surface area contributed by atoms with Gasteiger partial charge >= 0.3 is 0 Å². The minimum absolute atomic E-state index is 0.372. The van der Waals surface area contributed by atoms with E-state index in [4.69, 9.17) is 0 Å². The van der Waals surface area contributed by atoms with Crippen molar-refractivity contribution < 1.29 is 8.42 Å². The van der Waals surface area contributed by atoms with Crippen LogP contribution in [-0.4, -0.2) is 34.3 Å². The van der Waals surface area contributed by atoms with Crippen LogP contribution in [0.5, 0.6) is 0 Å². The lowest BCUT2D eigenvalue weighted by Gasteiger charge is -2.13. The summed E-state index contributed by atoms with van der Waals surface area (Å²) in [7, 11) is -3.09. The molecule has 1 aromatic rings. The predicted octanol–water partition coefficient (Wildman–Crippen LogP) is 1.43. The van der Waals surface area contributed by atoms with Gasteiger partial charge in [0.2, 0.25) is 0 Å². The quantitative estimate of drug-likeness (QED) is 0.758. The third-order valence-electron chi connectivity index (χ3n) is 2.92. The molecule has 1 rings (SSSR count). The van der Waals surface area contributed by atoms with Gasteiger partial charge in [0.15, 0.2) is 9.84 Å². The number of nitrogens with one attached hydrogen (secondary N) is 2. The lowest BCUT2D eigenvalue weighted by molar-refractivity contribution is 0.479. The van der Waals surface area contributed by atoms with Gasteiger partial charge < -0.3 is 10.6 Å². The van der Waals surface area contributed by atoms with Crippen LogP contribution in [0, 0.1) is 5.92 Å². The van der Waals surface area contributed by atoms with Crippen molar-refractivity contribution in [3.8, 4) is 0 Å². The number of hydrogen-bond acceptors (Lipinski definition) is 4. The van der Waals surface area contributed by atoms with Gasteiger partial charge in [-0.2, -0.15) is 0 Å². The van der Waals surface area contributed by atoms with Crippen LogP contribution in [-0.2, 0) is 16.4 Å². The van der Waals surface area contributed by atoms with Crippen LogP contribution in [0.4, 0.5) is 0 Å². The predicted molar refractivity (Wildman–Crippen MR) is 79.0 cm³/mol. The van der Waals surface area contributed by atoms with Gasteiger partial charge in [-0.15, -0.1) is 0 Å². The summed E-state index contributed by atoms with van der Waals surface area (Å²) < 4.78 is 22.7. The molecule has 0 aliphatic rings. The fourth-order valence-electron chi connectivity index (χ4n) is 1.78. The van der Waals surface area contributed by atoms with E-state index in [0.717, 1.165) is 31.7 Å². The molecule has 1 atom stereocenters. The highest BCUT2D eigenvalue weighted by Crippen LogP contribution is 2.10. The van der Waals surface area contributed by atoms with Crippen LogP contribution < -0.4 is 10.6 Å². The van der Waals surface area contributed by atoms with Gasteiger partial charge in [-0.1, -0.05) is 26.0 Å². The molecule has 0 bridgehead atoms. The van der Waals surface area contributed by atoms with Gasteiger partial charge in [0.1, 0.15) is 0 Å². The fraction of sp³-hybridized carbons (Fsp3) is 0.571. The van der Waals surface area contributed by atoms with Crippen molar-refractivity contribution in [3.05, 3.63) is 29.8 Å². The topological polar surface area (TPSA) is 58.2 Å². The zero-order chi connectivity index (χ0) is 14.3. The Hall–Kier alpha value is -0.910. The lowest BCUT2D eigenvalue weighted by Crippen LogP contribution is -2.29. The summed E-state index contributed by atoms with van der Waals surface area (Å²) in [5.41, 5.74) is 1.10. The summed E-state index contributed by atoms with van der Waals surface area (Å²) in [4.78, 5) is 0.372.